The second-order valence-electron chi connectivity index (χ2n) is 6.74. The van der Waals surface area contributed by atoms with E-state index in [0.717, 1.165) is 10.5 Å². The van der Waals surface area contributed by atoms with Crippen LogP contribution in [0.25, 0.3) is 0 Å². The Kier molecular flexibility index (Phi) is 6.55. The number of thioether (sulfide) groups is 1. The molecular weight excluding hydrogens is 432 g/mol. The summed E-state index contributed by atoms with van der Waals surface area (Å²) in [6.07, 6.45) is 0.502. The van der Waals surface area contributed by atoms with Crippen LogP contribution in [0, 0.1) is 6.92 Å². The van der Waals surface area contributed by atoms with Crippen molar-refractivity contribution in [3.8, 4) is 0 Å². The fourth-order valence-corrected chi connectivity index (χ4v) is 5.34. The maximum absolute atomic E-state index is 12.7. The van der Waals surface area contributed by atoms with E-state index >= 15 is 0 Å². The number of hydrogen-bond acceptors (Lipinski definition) is 5. The lowest BCUT2D eigenvalue weighted by Gasteiger charge is -2.23. The number of hydrogen-bond donors (Lipinski definition) is 2. The third kappa shape index (κ3) is 5.12. The third-order valence-electron chi connectivity index (χ3n) is 4.57. The first-order valence-electron chi connectivity index (χ1n) is 9.10. The number of anilines is 2. The summed E-state index contributed by atoms with van der Waals surface area (Å²) in [5.74, 6) is -0.877. The van der Waals surface area contributed by atoms with Crippen molar-refractivity contribution in [3.63, 3.8) is 0 Å². The van der Waals surface area contributed by atoms with Gasteiger partial charge in [-0.3, -0.25) is 9.59 Å². The summed E-state index contributed by atoms with van der Waals surface area (Å²) < 4.78 is 25.4. The molecule has 9 heteroatoms. The summed E-state index contributed by atoms with van der Waals surface area (Å²) in [5.41, 5.74) is 1.88. The van der Waals surface area contributed by atoms with Crippen molar-refractivity contribution in [1.82, 2.24) is 0 Å². The summed E-state index contributed by atoms with van der Waals surface area (Å²) in [6.45, 7) is 3.75. The first kappa shape index (κ1) is 21.7. The minimum atomic E-state index is -3.68. The van der Waals surface area contributed by atoms with Gasteiger partial charge in [0.15, 0.2) is 9.84 Å². The molecule has 29 heavy (non-hydrogen) atoms. The number of sulfone groups is 1. The maximum atomic E-state index is 12.7. The van der Waals surface area contributed by atoms with Crippen molar-refractivity contribution < 1.29 is 18.0 Å². The molecule has 0 spiro atoms. The molecule has 2 amide bonds. The number of nitrogens with one attached hydrogen (secondary N) is 2. The van der Waals surface area contributed by atoms with Crippen LogP contribution in [0.1, 0.15) is 25.3 Å². The molecule has 0 saturated heterocycles. The van der Waals surface area contributed by atoms with Gasteiger partial charge in [-0.2, -0.15) is 0 Å². The topological polar surface area (TPSA) is 92.3 Å². The highest BCUT2D eigenvalue weighted by molar-refractivity contribution is 8.01. The zero-order valence-electron chi connectivity index (χ0n) is 16.0. The summed E-state index contributed by atoms with van der Waals surface area (Å²) in [7, 11) is -3.68. The van der Waals surface area contributed by atoms with E-state index in [1.54, 1.807) is 24.3 Å². The van der Waals surface area contributed by atoms with Crippen LogP contribution < -0.4 is 10.6 Å². The van der Waals surface area contributed by atoms with Crippen LogP contribution in [0.15, 0.2) is 46.2 Å². The average molecular weight is 453 g/mol. The molecule has 0 radical (unpaired) electrons. The first-order valence-corrected chi connectivity index (χ1v) is 12.0. The zero-order valence-corrected chi connectivity index (χ0v) is 18.4. The van der Waals surface area contributed by atoms with Crippen LogP contribution >= 0.6 is 23.4 Å². The summed E-state index contributed by atoms with van der Waals surface area (Å²) >= 11 is 7.36. The first-order chi connectivity index (χ1) is 13.7. The van der Waals surface area contributed by atoms with Gasteiger partial charge in [0.25, 0.3) is 0 Å². The van der Waals surface area contributed by atoms with Crippen molar-refractivity contribution >= 4 is 56.4 Å². The molecule has 6 nitrogen and oxygen atoms in total. The number of rotatable bonds is 6. The number of carbonyl (C=O) groups excluding carboxylic acids is 2. The number of aryl methyl sites for hydroxylation is 1. The Balaban J connectivity index is 1.68. The standard InChI is InChI=1S/C20H21ClN2O4S2/c1-3-17-20(25)23-16-11-14(6-7-18(16)28-17)29(26,27)9-8-19(24)22-15-10-13(21)5-4-12(15)2/h4-7,10-11,17H,3,8-9H2,1-2H3,(H,22,24)(H,23,25)/t17-/m1/s1. The second kappa shape index (κ2) is 8.77. The quantitative estimate of drug-likeness (QED) is 0.682. The number of fused-ring (bicyclic) bond motifs is 1. The van der Waals surface area contributed by atoms with Crippen LogP contribution in [0.2, 0.25) is 5.02 Å². The highest BCUT2D eigenvalue weighted by Crippen LogP contribution is 2.38. The van der Waals surface area contributed by atoms with Crippen molar-refractivity contribution in [2.45, 2.75) is 41.7 Å². The predicted molar refractivity (Wildman–Crippen MR) is 116 cm³/mol. The number of amides is 2. The van der Waals surface area contributed by atoms with Crippen LogP contribution in [0.3, 0.4) is 0 Å². The van der Waals surface area contributed by atoms with E-state index in [1.807, 2.05) is 13.8 Å². The molecule has 154 valence electrons. The van der Waals surface area contributed by atoms with E-state index in [-0.39, 0.29) is 28.2 Å². The number of carbonyl (C=O) groups is 2. The normalized spacial score (nSPS) is 16.1. The molecular formula is C20H21ClN2O4S2. The van der Waals surface area contributed by atoms with Crippen LogP contribution in [0.4, 0.5) is 11.4 Å². The van der Waals surface area contributed by atoms with E-state index in [2.05, 4.69) is 10.6 Å². The highest BCUT2D eigenvalue weighted by atomic mass is 35.5. The van der Waals surface area contributed by atoms with Gasteiger partial charge < -0.3 is 10.6 Å². The fraction of sp³-hybridized carbons (Fsp3) is 0.300. The largest absolute Gasteiger partial charge is 0.326 e. The molecule has 1 heterocycles. The summed E-state index contributed by atoms with van der Waals surface area (Å²) in [6, 6.07) is 9.79. The smallest absolute Gasteiger partial charge is 0.237 e. The predicted octanol–water partition coefficient (Wildman–Crippen LogP) is 4.27. The molecule has 3 rings (SSSR count). The van der Waals surface area contributed by atoms with E-state index in [1.165, 1.54) is 23.9 Å². The van der Waals surface area contributed by atoms with Gasteiger partial charge in [-0.1, -0.05) is 24.6 Å². The number of halogens is 1. The van der Waals surface area contributed by atoms with Crippen molar-refractivity contribution in [2.24, 2.45) is 0 Å². The molecule has 2 aromatic carbocycles. The van der Waals surface area contributed by atoms with E-state index < -0.39 is 15.7 Å². The molecule has 2 aromatic rings. The Morgan fingerprint density at radius 3 is 2.72 bits per heavy atom. The third-order valence-corrected chi connectivity index (χ3v) is 7.96. The molecule has 2 N–H and O–H groups in total. The molecule has 0 bridgehead atoms. The molecule has 0 fully saturated rings. The minimum Gasteiger partial charge on any atom is -0.326 e. The van der Waals surface area contributed by atoms with Gasteiger partial charge in [0.1, 0.15) is 0 Å². The Morgan fingerprint density at radius 1 is 1.24 bits per heavy atom. The molecule has 1 aliphatic heterocycles. The fourth-order valence-electron chi connectivity index (χ4n) is 2.88. The van der Waals surface area contributed by atoms with E-state index in [0.29, 0.717) is 22.8 Å². The van der Waals surface area contributed by atoms with E-state index in [4.69, 9.17) is 11.6 Å². The molecule has 0 aliphatic carbocycles. The lowest BCUT2D eigenvalue weighted by Crippen LogP contribution is -2.28. The van der Waals surface area contributed by atoms with Gasteiger partial charge in [-0.05, 0) is 49.2 Å². The highest BCUT2D eigenvalue weighted by Gasteiger charge is 2.27. The van der Waals surface area contributed by atoms with Gasteiger partial charge in [0, 0.05) is 22.0 Å². The van der Waals surface area contributed by atoms with Gasteiger partial charge in [0.2, 0.25) is 11.8 Å². The molecule has 0 aromatic heterocycles. The molecule has 0 saturated carbocycles. The second-order valence-corrected chi connectivity index (χ2v) is 10.5. The van der Waals surface area contributed by atoms with E-state index in [9.17, 15) is 18.0 Å². The van der Waals surface area contributed by atoms with Gasteiger partial charge >= 0.3 is 0 Å². The van der Waals surface area contributed by atoms with Crippen LogP contribution in [0.5, 0.6) is 0 Å². The van der Waals surface area contributed by atoms with Crippen molar-refractivity contribution in [3.05, 3.63) is 47.0 Å². The molecule has 1 aliphatic rings. The zero-order chi connectivity index (χ0) is 21.2. The number of benzene rings is 2. The van der Waals surface area contributed by atoms with Crippen LogP contribution in [-0.4, -0.2) is 31.2 Å². The molecule has 1 atom stereocenters. The lowest BCUT2D eigenvalue weighted by molar-refractivity contribution is -0.116. The lowest BCUT2D eigenvalue weighted by atomic mass is 10.2. The molecule has 0 unspecified atom stereocenters. The Bertz CT molecular complexity index is 1070. The SMILES string of the molecule is CC[C@H]1Sc2ccc(S(=O)(=O)CCC(=O)Nc3cc(Cl)ccc3C)cc2NC1=O. The minimum absolute atomic E-state index is 0.0823. The summed E-state index contributed by atoms with van der Waals surface area (Å²) in [5, 5.41) is 5.77. The Labute approximate surface area is 179 Å². The van der Waals surface area contributed by atoms with Gasteiger partial charge in [-0.15, -0.1) is 11.8 Å². The van der Waals surface area contributed by atoms with Gasteiger partial charge in [0.05, 0.1) is 21.6 Å². The Hall–Kier alpha value is -2.03. The van der Waals surface area contributed by atoms with Crippen LogP contribution in [-0.2, 0) is 19.4 Å². The Morgan fingerprint density at radius 2 is 2.00 bits per heavy atom. The van der Waals surface area contributed by atoms with Gasteiger partial charge in [-0.25, -0.2) is 8.42 Å². The monoisotopic (exact) mass is 452 g/mol. The van der Waals surface area contributed by atoms with Crippen molar-refractivity contribution in [1.29, 1.82) is 0 Å². The average Bonchev–Trinajstić information content (AvgIpc) is 2.68. The van der Waals surface area contributed by atoms with Crippen molar-refractivity contribution in [2.75, 3.05) is 16.4 Å². The summed E-state index contributed by atoms with van der Waals surface area (Å²) in [4.78, 5) is 25.2. The maximum Gasteiger partial charge on any atom is 0.237 e.